The largest absolute Gasteiger partial charge is 0.495 e. The van der Waals surface area contributed by atoms with E-state index >= 15 is 0 Å². The highest BCUT2D eigenvalue weighted by molar-refractivity contribution is 6.40. The Morgan fingerprint density at radius 2 is 1.24 bits per heavy atom. The molecule has 0 atom stereocenters. The molecule has 0 aromatic heterocycles. The molecule has 3 aromatic carbocycles. The minimum absolute atomic E-state index is 0.101. The molecule has 2 N–H and O–H groups in total. The van der Waals surface area contributed by atoms with E-state index in [2.05, 4.69) is 63.2 Å². The van der Waals surface area contributed by atoms with Gasteiger partial charge in [-0.3, -0.25) is 9.59 Å². The first-order valence-electron chi connectivity index (χ1n) is 23.0. The molecule has 0 radical (unpaired) electrons. The fourth-order valence-electron chi connectivity index (χ4n) is 10.1. The van der Waals surface area contributed by atoms with Gasteiger partial charge in [0, 0.05) is 75.3 Å². The van der Waals surface area contributed by atoms with Gasteiger partial charge in [0.25, 0.3) is 0 Å². The minimum atomic E-state index is -0.990. The topological polar surface area (TPSA) is 124 Å². The lowest BCUT2D eigenvalue weighted by atomic mass is 9.73. The summed E-state index contributed by atoms with van der Waals surface area (Å²) in [5.74, 6) is -2.10. The molecule has 9 nitrogen and oxygen atoms in total. The van der Waals surface area contributed by atoms with Crippen molar-refractivity contribution in [2.75, 3.05) is 25.1 Å². The summed E-state index contributed by atoms with van der Waals surface area (Å²) >= 11 is 0. The van der Waals surface area contributed by atoms with Gasteiger partial charge in [-0.2, -0.15) is 4.58 Å². The van der Waals surface area contributed by atoms with Gasteiger partial charge in [-0.05, 0) is 68.7 Å². The van der Waals surface area contributed by atoms with Crippen LogP contribution in [0, 0.1) is 0 Å². The average molecular weight is 852 g/mol. The zero-order chi connectivity index (χ0) is 45.2. The average Bonchev–Trinajstić information content (AvgIpc) is 3.72. The number of nitrogens with zero attached hydrogens (tertiary/aromatic N) is 2. The minimum Gasteiger partial charge on any atom is -0.495 e. The maximum absolute atomic E-state index is 14.5. The van der Waals surface area contributed by atoms with E-state index in [1.54, 1.807) is 55.6 Å². The Balaban J connectivity index is 1.42. The van der Waals surface area contributed by atoms with Crippen molar-refractivity contribution in [1.29, 1.82) is 0 Å². The summed E-state index contributed by atoms with van der Waals surface area (Å²) in [6.45, 7) is 14.2. The number of anilines is 1. The van der Waals surface area contributed by atoms with E-state index in [4.69, 9.17) is 4.74 Å². The highest BCUT2D eigenvalue weighted by Gasteiger charge is 2.49. The first-order chi connectivity index (χ1) is 30.2. The quantitative estimate of drug-likeness (QED) is 0.0529. The molecule has 2 aliphatic heterocycles. The predicted molar refractivity (Wildman–Crippen MR) is 249 cm³/mol. The Morgan fingerprint density at radius 3 is 1.83 bits per heavy atom. The lowest BCUT2D eigenvalue weighted by Gasteiger charge is -2.33. The summed E-state index contributed by atoms with van der Waals surface area (Å²) in [5.41, 5.74) is 7.33. The van der Waals surface area contributed by atoms with Crippen molar-refractivity contribution in [2.24, 2.45) is 0 Å². The normalized spacial score (nSPS) is 18.4. The molecule has 2 aliphatic carbocycles. The van der Waals surface area contributed by atoms with Gasteiger partial charge < -0.3 is 19.8 Å². The molecular formula is C54H63N2O7+. The molecular weight excluding hydrogens is 789 g/mol. The van der Waals surface area contributed by atoms with Crippen molar-refractivity contribution < 1.29 is 38.7 Å². The van der Waals surface area contributed by atoms with Gasteiger partial charge in [-0.1, -0.05) is 110 Å². The third-order valence-electron chi connectivity index (χ3n) is 13.7. The second-order valence-corrected chi connectivity index (χ2v) is 18.5. The number of ether oxygens (including phenoxy) is 1. The number of Topliss-reactive ketones (excluding diaryl/α,β-unsaturated/α-hetero) is 2. The van der Waals surface area contributed by atoms with Crippen molar-refractivity contribution in [3.63, 3.8) is 0 Å². The molecule has 4 aliphatic rings. The predicted octanol–water partition coefficient (Wildman–Crippen LogP) is 12.1. The van der Waals surface area contributed by atoms with Crippen LogP contribution in [-0.2, 0) is 15.6 Å². The summed E-state index contributed by atoms with van der Waals surface area (Å²) in [6, 6.07) is 17.6. The van der Waals surface area contributed by atoms with Crippen LogP contribution in [0.2, 0.25) is 0 Å². The van der Waals surface area contributed by atoms with Crippen LogP contribution >= 0.6 is 0 Å². The molecule has 0 spiro atoms. The Labute approximate surface area is 372 Å². The maximum atomic E-state index is 14.5. The molecule has 0 amide bonds. The van der Waals surface area contributed by atoms with E-state index in [1.807, 2.05) is 12.1 Å². The van der Waals surface area contributed by atoms with E-state index in [9.17, 15) is 29.4 Å². The fraction of sp³-hybridized carbons (Fsp3) is 0.426. The number of ketones is 2. The summed E-state index contributed by atoms with van der Waals surface area (Å²) < 4.78 is 8.59. The van der Waals surface area contributed by atoms with E-state index in [1.165, 1.54) is 38.5 Å². The van der Waals surface area contributed by atoms with Gasteiger partial charge in [0.15, 0.2) is 17.3 Å². The zero-order valence-electron chi connectivity index (χ0n) is 38.2. The van der Waals surface area contributed by atoms with Crippen molar-refractivity contribution in [2.45, 2.75) is 129 Å². The molecule has 0 unspecified atom stereocenters. The standard InChI is InChI=1S/C54H62N2O7/c1-8-10-12-14-16-20-28-55-42-26-24-34(51(59)60)30-40(42)53(3,4)44(55)32-38-46(47-48(57)36-22-18-19-23-37(36)49(47)58)39(50(38)63-7)33-45-54(5,6)41-31-35(52(61)62)25-27-43(41)56(45)29-21-17-15-13-11-9-2/h18-19,22-27,30-33H,8-17,20-21,28-29H2,1-7H3,(H-,59,60,61,62)/p+1. The molecule has 0 fully saturated rings. The number of unbranched alkanes of at least 4 members (excludes halogenated alkanes) is 10. The van der Waals surface area contributed by atoms with Crippen molar-refractivity contribution in [3.05, 3.63) is 140 Å². The van der Waals surface area contributed by atoms with Crippen LogP contribution < -0.4 is 4.90 Å². The summed E-state index contributed by atoms with van der Waals surface area (Å²) in [5, 5.41) is 20.1. The molecule has 0 saturated heterocycles. The Hall–Kier alpha value is -5.83. The molecule has 0 bridgehead atoms. The van der Waals surface area contributed by atoms with E-state index < -0.39 is 22.8 Å². The number of hydrogen-bond acceptors (Lipinski definition) is 6. The number of allylic oxidation sites excluding steroid dienone is 6. The van der Waals surface area contributed by atoms with E-state index in [-0.39, 0.29) is 28.3 Å². The molecule has 7 rings (SSSR count). The number of rotatable bonds is 19. The molecule has 3 aromatic rings. The van der Waals surface area contributed by atoms with Crippen molar-refractivity contribution in [3.8, 4) is 0 Å². The fourth-order valence-corrected chi connectivity index (χ4v) is 10.1. The van der Waals surface area contributed by atoms with Crippen LogP contribution in [-0.4, -0.2) is 64.2 Å². The van der Waals surface area contributed by atoms with Crippen LogP contribution in [0.15, 0.2) is 107 Å². The van der Waals surface area contributed by atoms with Crippen LogP contribution in [0.4, 0.5) is 11.4 Å². The summed E-state index contributed by atoms with van der Waals surface area (Å²) in [6.07, 6.45) is 17.5. The van der Waals surface area contributed by atoms with Crippen LogP contribution in [0.3, 0.4) is 0 Å². The van der Waals surface area contributed by atoms with Crippen LogP contribution in [0.5, 0.6) is 0 Å². The second-order valence-electron chi connectivity index (χ2n) is 18.5. The van der Waals surface area contributed by atoms with Crippen LogP contribution in [0.25, 0.3) is 0 Å². The molecule has 2 heterocycles. The first kappa shape index (κ1) is 45.2. The van der Waals surface area contributed by atoms with Crippen LogP contribution in [0.1, 0.15) is 171 Å². The van der Waals surface area contributed by atoms with E-state index in [0.29, 0.717) is 46.7 Å². The number of fused-ring (bicyclic) bond motifs is 3. The van der Waals surface area contributed by atoms with Crippen molar-refractivity contribution in [1.82, 2.24) is 0 Å². The number of carboxylic acids is 2. The SMILES string of the molecule is CCCCCCCCN1/C(=C/C2=C(OC)C(=C\C3=[N+](CCCCCCCC)c4ccc(C(=O)O)cc4C3(C)C)/C2=C2C(=O)c3ccccc3C2=O)C(C)(C)c2cc(C(=O)O)ccc21. The number of methoxy groups -OCH3 is 1. The number of carbonyl (C=O) groups is 4. The monoisotopic (exact) mass is 851 g/mol. The van der Waals surface area contributed by atoms with Crippen molar-refractivity contribution >= 4 is 40.6 Å². The number of carboxylic acid groups (broad SMARTS) is 2. The summed E-state index contributed by atoms with van der Waals surface area (Å²) in [4.78, 5) is 55.8. The summed E-state index contributed by atoms with van der Waals surface area (Å²) in [7, 11) is 1.62. The molecule has 9 heteroatoms. The van der Waals surface area contributed by atoms with E-state index in [0.717, 1.165) is 72.4 Å². The maximum Gasteiger partial charge on any atom is 0.335 e. The zero-order valence-corrected chi connectivity index (χ0v) is 38.2. The van der Waals surface area contributed by atoms with Gasteiger partial charge in [0.1, 0.15) is 12.3 Å². The second kappa shape index (κ2) is 18.5. The molecule has 0 saturated carbocycles. The first-order valence-corrected chi connectivity index (χ1v) is 23.0. The molecule has 330 valence electrons. The number of hydrogen-bond donors (Lipinski definition) is 2. The Kier molecular flexibility index (Phi) is 13.3. The highest BCUT2D eigenvalue weighted by Crippen LogP contribution is 2.53. The smallest absolute Gasteiger partial charge is 0.335 e. The third-order valence-corrected chi connectivity index (χ3v) is 13.7. The number of aromatic carboxylic acids is 2. The number of carbonyl (C=O) groups excluding carboxylic acids is 2. The highest BCUT2D eigenvalue weighted by atomic mass is 16.5. The lowest BCUT2D eigenvalue weighted by Crippen LogP contribution is -2.31. The van der Waals surface area contributed by atoms with Gasteiger partial charge in [0.2, 0.25) is 5.69 Å². The van der Waals surface area contributed by atoms with Gasteiger partial charge >= 0.3 is 11.9 Å². The Morgan fingerprint density at radius 1 is 0.683 bits per heavy atom. The molecule has 63 heavy (non-hydrogen) atoms. The third kappa shape index (κ3) is 8.27. The van der Waals surface area contributed by atoms with Gasteiger partial charge in [-0.25, -0.2) is 9.59 Å². The van der Waals surface area contributed by atoms with Gasteiger partial charge in [-0.15, -0.1) is 0 Å². The Bertz CT molecular complexity index is 2490. The lowest BCUT2D eigenvalue weighted by molar-refractivity contribution is -0.438. The van der Waals surface area contributed by atoms with Gasteiger partial charge in [0.05, 0.1) is 29.2 Å². The number of benzene rings is 3.